The van der Waals surface area contributed by atoms with E-state index in [1.54, 1.807) is 0 Å². The Labute approximate surface area is 145 Å². The maximum Gasteiger partial charge on any atom is 0.320 e. The van der Waals surface area contributed by atoms with E-state index in [-0.39, 0.29) is 11.9 Å². The van der Waals surface area contributed by atoms with Gasteiger partial charge in [-0.3, -0.25) is 4.40 Å². The number of aromatic nitrogens is 4. The van der Waals surface area contributed by atoms with Crippen LogP contribution in [-0.4, -0.2) is 61.4 Å². The highest BCUT2D eigenvalue weighted by Crippen LogP contribution is 2.29. The number of rotatable bonds is 1. The Kier molecular flexibility index (Phi) is 3.39. The van der Waals surface area contributed by atoms with Crippen LogP contribution in [0.5, 0.6) is 0 Å². The molecule has 0 aromatic carbocycles. The van der Waals surface area contributed by atoms with Crippen LogP contribution in [0.4, 0.5) is 4.79 Å². The minimum atomic E-state index is 0.205. The van der Waals surface area contributed by atoms with Gasteiger partial charge in [-0.15, -0.1) is 0 Å². The summed E-state index contributed by atoms with van der Waals surface area (Å²) < 4.78 is 2.19. The number of fused-ring (bicyclic) bond motifs is 3. The molecule has 7 nitrogen and oxygen atoms in total. The lowest BCUT2D eigenvalue weighted by Crippen LogP contribution is -2.46. The number of hydrogen-bond acceptors (Lipinski definition) is 3. The Morgan fingerprint density at radius 1 is 1.08 bits per heavy atom. The van der Waals surface area contributed by atoms with E-state index in [1.807, 2.05) is 34.5 Å². The Morgan fingerprint density at radius 3 is 2.76 bits per heavy atom. The molecule has 7 heteroatoms. The summed E-state index contributed by atoms with van der Waals surface area (Å²) in [5.41, 5.74) is 2.92. The summed E-state index contributed by atoms with van der Waals surface area (Å²) in [6.07, 6.45) is 10.0. The molecule has 5 heterocycles. The van der Waals surface area contributed by atoms with Crippen LogP contribution in [0.25, 0.3) is 16.7 Å². The maximum absolute atomic E-state index is 12.8. The molecular weight excluding hydrogens is 316 g/mol. The van der Waals surface area contributed by atoms with E-state index in [4.69, 9.17) is 4.98 Å². The Bertz CT molecular complexity index is 922. The zero-order chi connectivity index (χ0) is 16.8. The predicted molar refractivity (Wildman–Crippen MR) is 94.6 cm³/mol. The first-order valence-corrected chi connectivity index (χ1v) is 9.14. The van der Waals surface area contributed by atoms with Crippen molar-refractivity contribution in [2.45, 2.75) is 31.6 Å². The minimum Gasteiger partial charge on any atom is -0.345 e. The van der Waals surface area contributed by atoms with Crippen molar-refractivity contribution in [1.29, 1.82) is 0 Å². The normalized spacial score (nSPS) is 21.5. The van der Waals surface area contributed by atoms with E-state index in [0.29, 0.717) is 0 Å². The molecule has 0 saturated carbocycles. The van der Waals surface area contributed by atoms with E-state index < -0.39 is 0 Å². The van der Waals surface area contributed by atoms with Crippen LogP contribution in [0.2, 0.25) is 0 Å². The van der Waals surface area contributed by atoms with E-state index in [9.17, 15) is 4.79 Å². The van der Waals surface area contributed by atoms with Gasteiger partial charge in [0.1, 0.15) is 5.82 Å². The quantitative estimate of drug-likeness (QED) is 0.741. The number of aromatic amines is 1. The smallest absolute Gasteiger partial charge is 0.320 e. The number of imidazole rings is 1. The van der Waals surface area contributed by atoms with Crippen LogP contribution in [0.1, 0.15) is 37.4 Å². The predicted octanol–water partition coefficient (Wildman–Crippen LogP) is 2.61. The maximum atomic E-state index is 12.8. The fourth-order valence-electron chi connectivity index (χ4n) is 4.26. The Morgan fingerprint density at radius 2 is 1.88 bits per heavy atom. The molecule has 0 bridgehead atoms. The second kappa shape index (κ2) is 5.75. The Balaban J connectivity index is 1.47. The van der Waals surface area contributed by atoms with Crippen molar-refractivity contribution in [2.24, 2.45) is 0 Å². The van der Waals surface area contributed by atoms with Gasteiger partial charge in [-0.05, 0) is 31.7 Å². The topological polar surface area (TPSA) is 69.5 Å². The summed E-state index contributed by atoms with van der Waals surface area (Å²) >= 11 is 0. The molecule has 5 rings (SSSR count). The van der Waals surface area contributed by atoms with Crippen molar-refractivity contribution in [2.75, 3.05) is 26.2 Å². The van der Waals surface area contributed by atoms with Crippen LogP contribution in [-0.2, 0) is 0 Å². The van der Waals surface area contributed by atoms with Crippen molar-refractivity contribution in [3.05, 3.63) is 30.5 Å². The fourth-order valence-corrected chi connectivity index (χ4v) is 4.26. The monoisotopic (exact) mass is 338 g/mol. The number of urea groups is 1. The lowest BCUT2D eigenvalue weighted by molar-refractivity contribution is 0.146. The summed E-state index contributed by atoms with van der Waals surface area (Å²) in [5.74, 6) is 1.31. The third-order valence-corrected chi connectivity index (χ3v) is 5.52. The van der Waals surface area contributed by atoms with Crippen molar-refractivity contribution in [3.8, 4) is 0 Å². The summed E-state index contributed by atoms with van der Waals surface area (Å²) in [6, 6.07) is 2.24. The zero-order valence-corrected chi connectivity index (χ0v) is 14.2. The number of carbonyl (C=O) groups excluding carboxylic acids is 1. The van der Waals surface area contributed by atoms with Gasteiger partial charge < -0.3 is 14.8 Å². The molecule has 0 unspecified atom stereocenters. The number of piperidine rings is 1. The van der Waals surface area contributed by atoms with E-state index in [2.05, 4.69) is 14.4 Å². The second-order valence-corrected chi connectivity index (χ2v) is 7.11. The molecule has 3 aromatic rings. The molecular formula is C18H22N6O. The number of amides is 2. The molecule has 0 spiro atoms. The van der Waals surface area contributed by atoms with Gasteiger partial charge in [-0.2, -0.15) is 0 Å². The van der Waals surface area contributed by atoms with Crippen LogP contribution in [0.3, 0.4) is 0 Å². The summed E-state index contributed by atoms with van der Waals surface area (Å²) in [4.78, 5) is 29.1. The largest absolute Gasteiger partial charge is 0.345 e. The number of nitrogens with zero attached hydrogens (tertiary/aromatic N) is 5. The molecule has 2 aliphatic rings. The number of hydrogen-bond donors (Lipinski definition) is 1. The highest BCUT2D eigenvalue weighted by atomic mass is 16.2. The first-order valence-electron chi connectivity index (χ1n) is 9.14. The minimum absolute atomic E-state index is 0.205. The molecule has 1 atom stereocenters. The Hall–Kier alpha value is -2.57. The van der Waals surface area contributed by atoms with Gasteiger partial charge in [0.2, 0.25) is 0 Å². The molecule has 2 saturated heterocycles. The lowest BCUT2D eigenvalue weighted by Gasteiger charge is -2.34. The first-order chi connectivity index (χ1) is 12.3. The summed E-state index contributed by atoms with van der Waals surface area (Å²) in [5, 5.41) is 0. The molecule has 2 fully saturated rings. The molecule has 25 heavy (non-hydrogen) atoms. The van der Waals surface area contributed by atoms with Crippen LogP contribution < -0.4 is 0 Å². The summed E-state index contributed by atoms with van der Waals surface area (Å²) in [7, 11) is 0. The van der Waals surface area contributed by atoms with E-state index in [0.717, 1.165) is 74.4 Å². The molecule has 130 valence electrons. The van der Waals surface area contributed by atoms with Crippen LogP contribution in [0.15, 0.2) is 24.7 Å². The number of H-pyrrole nitrogens is 1. The average molecular weight is 338 g/mol. The SMILES string of the molecule is O=C(N1CCCC1)N1CCC[C@@H](c2ncc3cnc4[nH]ccc4n23)C1. The molecule has 3 aromatic heterocycles. The molecule has 1 N–H and O–H groups in total. The van der Waals surface area contributed by atoms with Gasteiger partial charge in [0.25, 0.3) is 0 Å². The lowest BCUT2D eigenvalue weighted by atomic mass is 9.97. The van der Waals surface area contributed by atoms with Gasteiger partial charge in [0, 0.05) is 38.3 Å². The highest BCUT2D eigenvalue weighted by Gasteiger charge is 2.31. The number of carbonyl (C=O) groups is 1. The molecule has 0 aliphatic carbocycles. The fraction of sp³-hybridized carbons (Fsp3) is 0.500. The van der Waals surface area contributed by atoms with Gasteiger partial charge in [0.05, 0.1) is 23.4 Å². The van der Waals surface area contributed by atoms with Crippen LogP contribution >= 0.6 is 0 Å². The third-order valence-electron chi connectivity index (χ3n) is 5.52. The second-order valence-electron chi connectivity index (χ2n) is 7.11. The van der Waals surface area contributed by atoms with Crippen LogP contribution in [0, 0.1) is 0 Å². The standard InChI is InChI=1S/C18H22N6O/c25-18(22-7-1-2-8-22)23-9-3-4-13(12-23)17-21-11-14-10-20-16-15(24(14)17)5-6-19-16/h5-6,10-11,13,19H,1-4,7-9,12H2/t13-/m1/s1. The van der Waals surface area contributed by atoms with E-state index >= 15 is 0 Å². The van der Waals surface area contributed by atoms with Crippen molar-refractivity contribution in [3.63, 3.8) is 0 Å². The van der Waals surface area contributed by atoms with Crippen molar-refractivity contribution in [1.82, 2.24) is 29.2 Å². The number of likely N-dealkylation sites (tertiary alicyclic amines) is 2. The first kappa shape index (κ1) is 14.7. The van der Waals surface area contributed by atoms with E-state index in [1.165, 1.54) is 0 Å². The van der Waals surface area contributed by atoms with Crippen molar-refractivity contribution < 1.29 is 4.79 Å². The van der Waals surface area contributed by atoms with Gasteiger partial charge in [0.15, 0.2) is 5.65 Å². The summed E-state index contributed by atoms with van der Waals surface area (Å²) in [6.45, 7) is 3.42. The molecule has 2 aliphatic heterocycles. The molecule has 2 amide bonds. The van der Waals surface area contributed by atoms with Gasteiger partial charge >= 0.3 is 6.03 Å². The van der Waals surface area contributed by atoms with Gasteiger partial charge in [-0.1, -0.05) is 0 Å². The number of nitrogens with one attached hydrogen (secondary N) is 1. The molecule has 0 radical (unpaired) electrons. The van der Waals surface area contributed by atoms with Gasteiger partial charge in [-0.25, -0.2) is 14.8 Å². The third kappa shape index (κ3) is 2.37. The average Bonchev–Trinajstić information content (AvgIpc) is 3.39. The zero-order valence-electron chi connectivity index (χ0n) is 14.2. The highest BCUT2D eigenvalue weighted by molar-refractivity contribution is 5.76. The van der Waals surface area contributed by atoms with Crippen molar-refractivity contribution >= 4 is 22.7 Å².